The molecule has 0 saturated heterocycles. The standard InChI is InChI=1S/C11H22N2O3/c1-5-13(6-2)8-7-12-9(14)11(3,4)10(15)16/h5-8H2,1-4H3,(H,12,14)(H,15,16). The van der Waals surface area contributed by atoms with Gasteiger partial charge in [-0.3, -0.25) is 9.59 Å². The van der Waals surface area contributed by atoms with E-state index >= 15 is 0 Å². The Morgan fingerprint density at radius 2 is 1.75 bits per heavy atom. The Hall–Kier alpha value is -1.10. The van der Waals surface area contributed by atoms with Crippen molar-refractivity contribution in [2.45, 2.75) is 27.7 Å². The zero-order chi connectivity index (χ0) is 12.8. The lowest BCUT2D eigenvalue weighted by atomic mass is 9.93. The van der Waals surface area contributed by atoms with Crippen molar-refractivity contribution >= 4 is 11.9 Å². The molecule has 1 amide bonds. The largest absolute Gasteiger partial charge is 0.480 e. The molecule has 0 unspecified atom stereocenters. The number of carboxylic acid groups (broad SMARTS) is 1. The van der Waals surface area contributed by atoms with Gasteiger partial charge >= 0.3 is 5.97 Å². The first-order valence-corrected chi connectivity index (χ1v) is 5.60. The third kappa shape index (κ3) is 4.18. The molecule has 94 valence electrons. The van der Waals surface area contributed by atoms with Crippen LogP contribution in [0.25, 0.3) is 0 Å². The molecule has 16 heavy (non-hydrogen) atoms. The van der Waals surface area contributed by atoms with Crippen LogP contribution in [0.5, 0.6) is 0 Å². The number of likely N-dealkylation sites (N-methyl/N-ethyl adjacent to an activating group) is 1. The summed E-state index contributed by atoms with van der Waals surface area (Å²) in [6, 6.07) is 0. The van der Waals surface area contributed by atoms with E-state index in [0.717, 1.165) is 19.6 Å². The molecule has 5 heteroatoms. The molecular formula is C11H22N2O3. The molecule has 0 rings (SSSR count). The van der Waals surface area contributed by atoms with E-state index in [9.17, 15) is 9.59 Å². The van der Waals surface area contributed by atoms with Gasteiger partial charge in [-0.25, -0.2) is 0 Å². The number of nitrogens with one attached hydrogen (secondary N) is 1. The highest BCUT2D eigenvalue weighted by Gasteiger charge is 2.35. The molecule has 0 bridgehead atoms. The summed E-state index contributed by atoms with van der Waals surface area (Å²) < 4.78 is 0. The molecule has 0 radical (unpaired) electrons. The Kier molecular flexibility index (Phi) is 6.03. The van der Waals surface area contributed by atoms with E-state index in [1.165, 1.54) is 13.8 Å². The molecular weight excluding hydrogens is 208 g/mol. The zero-order valence-electron chi connectivity index (χ0n) is 10.5. The van der Waals surface area contributed by atoms with Crippen LogP contribution in [0.15, 0.2) is 0 Å². The minimum atomic E-state index is -1.36. The van der Waals surface area contributed by atoms with Crippen LogP contribution in [0.1, 0.15) is 27.7 Å². The Morgan fingerprint density at radius 1 is 1.25 bits per heavy atom. The molecule has 5 nitrogen and oxygen atoms in total. The quantitative estimate of drug-likeness (QED) is 0.627. The molecule has 0 aliphatic carbocycles. The lowest BCUT2D eigenvalue weighted by Crippen LogP contribution is -2.44. The van der Waals surface area contributed by atoms with Gasteiger partial charge in [0, 0.05) is 13.1 Å². The summed E-state index contributed by atoms with van der Waals surface area (Å²) >= 11 is 0. The Morgan fingerprint density at radius 3 is 2.12 bits per heavy atom. The van der Waals surface area contributed by atoms with Crippen molar-refractivity contribution in [3.63, 3.8) is 0 Å². The van der Waals surface area contributed by atoms with Gasteiger partial charge in [0.05, 0.1) is 0 Å². The van der Waals surface area contributed by atoms with E-state index in [1.807, 2.05) is 13.8 Å². The van der Waals surface area contributed by atoms with E-state index in [0.29, 0.717) is 6.54 Å². The molecule has 0 aliphatic rings. The Balaban J connectivity index is 4.04. The first-order chi connectivity index (χ1) is 7.36. The SMILES string of the molecule is CCN(CC)CCNC(=O)C(C)(C)C(=O)O. The summed E-state index contributed by atoms with van der Waals surface area (Å²) in [6.45, 7) is 9.98. The fourth-order valence-electron chi connectivity index (χ4n) is 1.19. The molecule has 0 aromatic rings. The average molecular weight is 230 g/mol. The second-order valence-corrected chi connectivity index (χ2v) is 4.21. The number of amides is 1. The molecule has 2 N–H and O–H groups in total. The predicted molar refractivity (Wildman–Crippen MR) is 62.2 cm³/mol. The smallest absolute Gasteiger partial charge is 0.318 e. The molecule has 0 aliphatic heterocycles. The summed E-state index contributed by atoms with van der Waals surface area (Å²) in [5.41, 5.74) is -1.36. The van der Waals surface area contributed by atoms with Crippen LogP contribution in [0.3, 0.4) is 0 Å². The maximum Gasteiger partial charge on any atom is 0.318 e. The van der Waals surface area contributed by atoms with Crippen molar-refractivity contribution in [3.8, 4) is 0 Å². The van der Waals surface area contributed by atoms with Crippen molar-refractivity contribution in [1.29, 1.82) is 0 Å². The summed E-state index contributed by atoms with van der Waals surface area (Å²) in [5, 5.41) is 11.5. The number of nitrogens with zero attached hydrogens (tertiary/aromatic N) is 1. The van der Waals surface area contributed by atoms with E-state index in [2.05, 4.69) is 10.2 Å². The van der Waals surface area contributed by atoms with Crippen molar-refractivity contribution in [1.82, 2.24) is 10.2 Å². The maximum atomic E-state index is 11.6. The van der Waals surface area contributed by atoms with Gasteiger partial charge in [-0.2, -0.15) is 0 Å². The third-order valence-electron chi connectivity index (χ3n) is 2.71. The van der Waals surface area contributed by atoms with Gasteiger partial charge in [-0.05, 0) is 26.9 Å². The number of rotatable bonds is 7. The molecule has 0 aromatic carbocycles. The van der Waals surface area contributed by atoms with Gasteiger partial charge in [-0.1, -0.05) is 13.8 Å². The van der Waals surface area contributed by atoms with Crippen LogP contribution >= 0.6 is 0 Å². The van der Waals surface area contributed by atoms with Crippen LogP contribution in [0.2, 0.25) is 0 Å². The first kappa shape index (κ1) is 14.9. The number of hydrogen-bond donors (Lipinski definition) is 2. The lowest BCUT2D eigenvalue weighted by molar-refractivity contribution is -0.153. The minimum absolute atomic E-state index is 0.438. The summed E-state index contributed by atoms with van der Waals surface area (Å²) in [7, 11) is 0. The fourth-order valence-corrected chi connectivity index (χ4v) is 1.19. The summed E-state index contributed by atoms with van der Waals surface area (Å²) in [5.74, 6) is -1.54. The number of hydrogen-bond acceptors (Lipinski definition) is 3. The van der Waals surface area contributed by atoms with E-state index in [-0.39, 0.29) is 0 Å². The predicted octanol–water partition coefficient (Wildman–Crippen LogP) is 0.555. The molecule has 0 spiro atoms. The zero-order valence-corrected chi connectivity index (χ0v) is 10.5. The van der Waals surface area contributed by atoms with Crippen LogP contribution < -0.4 is 5.32 Å². The topological polar surface area (TPSA) is 69.6 Å². The van der Waals surface area contributed by atoms with E-state index < -0.39 is 17.3 Å². The van der Waals surface area contributed by atoms with Gasteiger partial charge in [-0.15, -0.1) is 0 Å². The normalized spacial score (nSPS) is 11.6. The van der Waals surface area contributed by atoms with Crippen LogP contribution in [-0.4, -0.2) is 48.1 Å². The Labute approximate surface area is 96.8 Å². The van der Waals surface area contributed by atoms with Gasteiger partial charge < -0.3 is 15.3 Å². The van der Waals surface area contributed by atoms with Crippen molar-refractivity contribution < 1.29 is 14.7 Å². The first-order valence-electron chi connectivity index (χ1n) is 5.60. The highest BCUT2D eigenvalue weighted by atomic mass is 16.4. The second kappa shape index (κ2) is 6.48. The molecule has 0 heterocycles. The fraction of sp³-hybridized carbons (Fsp3) is 0.818. The van der Waals surface area contributed by atoms with Gasteiger partial charge in [0.2, 0.25) is 5.91 Å². The van der Waals surface area contributed by atoms with Crippen LogP contribution in [-0.2, 0) is 9.59 Å². The van der Waals surface area contributed by atoms with E-state index in [1.54, 1.807) is 0 Å². The highest BCUT2D eigenvalue weighted by Crippen LogP contribution is 2.14. The highest BCUT2D eigenvalue weighted by molar-refractivity contribution is 6.00. The monoisotopic (exact) mass is 230 g/mol. The lowest BCUT2D eigenvalue weighted by Gasteiger charge is -2.21. The Bertz CT molecular complexity index is 248. The number of carbonyl (C=O) groups is 2. The summed E-state index contributed by atoms with van der Waals surface area (Å²) in [4.78, 5) is 24.5. The van der Waals surface area contributed by atoms with Crippen molar-refractivity contribution in [2.75, 3.05) is 26.2 Å². The van der Waals surface area contributed by atoms with Crippen molar-refractivity contribution in [2.24, 2.45) is 5.41 Å². The van der Waals surface area contributed by atoms with Gasteiger partial charge in [0.25, 0.3) is 0 Å². The number of aliphatic carboxylic acids is 1. The molecule has 0 fully saturated rings. The average Bonchev–Trinajstić information content (AvgIpc) is 2.23. The summed E-state index contributed by atoms with van der Waals surface area (Å²) in [6.07, 6.45) is 0. The second-order valence-electron chi connectivity index (χ2n) is 4.21. The van der Waals surface area contributed by atoms with Gasteiger partial charge in [0.1, 0.15) is 5.41 Å². The van der Waals surface area contributed by atoms with E-state index in [4.69, 9.17) is 5.11 Å². The third-order valence-corrected chi connectivity index (χ3v) is 2.71. The van der Waals surface area contributed by atoms with Crippen LogP contribution in [0, 0.1) is 5.41 Å². The van der Waals surface area contributed by atoms with Crippen LogP contribution in [0.4, 0.5) is 0 Å². The number of carbonyl (C=O) groups excluding carboxylic acids is 1. The molecule has 0 aromatic heterocycles. The van der Waals surface area contributed by atoms with Gasteiger partial charge in [0.15, 0.2) is 0 Å². The number of carboxylic acids is 1. The van der Waals surface area contributed by atoms with Crippen molar-refractivity contribution in [3.05, 3.63) is 0 Å². The minimum Gasteiger partial charge on any atom is -0.480 e. The molecule has 0 saturated carbocycles. The maximum absolute atomic E-state index is 11.6. The molecule has 0 atom stereocenters.